The highest BCUT2D eigenvalue weighted by Gasteiger charge is 2.30. The molecule has 0 aliphatic carbocycles. The molecule has 0 bridgehead atoms. The number of rotatable bonds is 17. The van der Waals surface area contributed by atoms with Crippen LogP contribution in [0.3, 0.4) is 0 Å². The molecule has 1 aromatic rings. The largest absolute Gasteiger partial charge is 0.480 e. The molecular weight excluding hydrogens is 493 g/mol. The Balaban J connectivity index is 2.84. The minimum atomic E-state index is -1.17. The van der Waals surface area contributed by atoms with E-state index in [1.807, 2.05) is 29.2 Å². The third kappa shape index (κ3) is 11.0. The molecule has 0 aromatic heterocycles. The number of hydrogen-bond acceptors (Lipinski definition) is 6. The topological polar surface area (TPSA) is 151 Å². The Hall–Kier alpha value is -2.07. The maximum Gasteiger partial charge on any atom is 0.326 e. The van der Waals surface area contributed by atoms with Gasteiger partial charge in [-0.05, 0) is 43.0 Å². The monoisotopic (exact) mass is 531 g/mol. The van der Waals surface area contributed by atoms with Gasteiger partial charge < -0.3 is 32.1 Å². The fraction of sp³-hybridized carbons (Fsp3) is 0.625. The number of carboxylic acid groups (broad SMARTS) is 1. The summed E-state index contributed by atoms with van der Waals surface area (Å²) in [6.07, 6.45) is 2.01. The Morgan fingerprint density at radius 1 is 1.00 bits per heavy atom. The summed E-state index contributed by atoms with van der Waals surface area (Å²) in [6.45, 7) is 5.34. The molecule has 11 heteroatoms. The van der Waals surface area contributed by atoms with E-state index in [2.05, 4.69) is 10.6 Å². The Bertz CT molecular complexity index is 789. The molecule has 1 rings (SSSR count). The molecule has 0 unspecified atom stereocenters. The molecule has 1 aromatic carbocycles. The lowest BCUT2D eigenvalue weighted by Crippen LogP contribution is -2.56. The molecule has 0 radical (unpaired) electrons. The van der Waals surface area contributed by atoms with Crippen molar-refractivity contribution in [3.63, 3.8) is 0 Å². The summed E-state index contributed by atoms with van der Waals surface area (Å²) in [6, 6.07) is 4.54. The summed E-state index contributed by atoms with van der Waals surface area (Å²) in [5.41, 5.74) is 13.1. The number of nitrogens with zero attached hydrogens (tertiary/aromatic N) is 1. The van der Waals surface area contributed by atoms with Crippen molar-refractivity contribution in [1.29, 1.82) is 0 Å². The van der Waals surface area contributed by atoms with Crippen molar-refractivity contribution in [2.45, 2.75) is 57.7 Å². The van der Waals surface area contributed by atoms with Crippen molar-refractivity contribution in [2.24, 2.45) is 17.4 Å². The lowest BCUT2D eigenvalue weighted by atomic mass is 10.0. The van der Waals surface area contributed by atoms with Gasteiger partial charge in [0.2, 0.25) is 11.8 Å². The van der Waals surface area contributed by atoms with Crippen molar-refractivity contribution in [2.75, 3.05) is 36.3 Å². The summed E-state index contributed by atoms with van der Waals surface area (Å²) in [4.78, 5) is 39.3. The van der Waals surface area contributed by atoms with Crippen molar-refractivity contribution in [3.05, 3.63) is 29.8 Å². The van der Waals surface area contributed by atoms with Gasteiger partial charge in [-0.25, -0.2) is 4.79 Å². The predicted octanol–water partition coefficient (Wildman–Crippen LogP) is 1.68. The maximum atomic E-state index is 12.9. The highest BCUT2D eigenvalue weighted by atomic mass is 35.5. The standard InChI is InChI=1S/C24H39Cl2N5O4/c1-16(2)21(30-22(32)19(28)5-3-4-12-27)23(33)29-20(24(34)35)15-17-6-8-18(9-7-17)31(13-10-25)14-11-26/h6-9,16,19-21H,3-5,10-15,27-28H2,1-2H3,(H,29,33)(H,30,32)(H,34,35)/t19-,20-,21-/m0/s1. The molecule has 0 fully saturated rings. The fourth-order valence-corrected chi connectivity index (χ4v) is 3.96. The summed E-state index contributed by atoms with van der Waals surface area (Å²) < 4.78 is 0. The molecule has 0 aliphatic rings. The SMILES string of the molecule is CC(C)[C@H](NC(=O)[C@@H](N)CCCCN)C(=O)N[C@@H](Cc1ccc(N(CCCl)CCCl)cc1)C(=O)O. The number of unbranched alkanes of at least 4 members (excludes halogenated alkanes) is 1. The van der Waals surface area contributed by atoms with Crippen LogP contribution >= 0.6 is 23.2 Å². The molecule has 0 spiro atoms. The Kier molecular flexibility index (Phi) is 14.7. The van der Waals surface area contributed by atoms with E-state index in [0.29, 0.717) is 44.2 Å². The number of hydrogen-bond donors (Lipinski definition) is 5. The van der Waals surface area contributed by atoms with Gasteiger partial charge in [-0.1, -0.05) is 32.4 Å². The van der Waals surface area contributed by atoms with Gasteiger partial charge in [0.15, 0.2) is 0 Å². The minimum Gasteiger partial charge on any atom is -0.480 e. The zero-order valence-electron chi connectivity index (χ0n) is 20.5. The summed E-state index contributed by atoms with van der Waals surface area (Å²) in [5, 5.41) is 14.9. The van der Waals surface area contributed by atoms with Gasteiger partial charge in [0.25, 0.3) is 0 Å². The number of carboxylic acids is 1. The van der Waals surface area contributed by atoms with E-state index in [1.165, 1.54) is 0 Å². The van der Waals surface area contributed by atoms with E-state index in [0.717, 1.165) is 17.7 Å². The van der Waals surface area contributed by atoms with Crippen LogP contribution in [-0.4, -0.2) is 72.4 Å². The van der Waals surface area contributed by atoms with Crippen LogP contribution < -0.4 is 27.0 Å². The van der Waals surface area contributed by atoms with Crippen LogP contribution in [0, 0.1) is 5.92 Å². The zero-order chi connectivity index (χ0) is 26.4. The predicted molar refractivity (Wildman–Crippen MR) is 141 cm³/mol. The van der Waals surface area contributed by atoms with Crippen LogP contribution in [0.1, 0.15) is 38.7 Å². The smallest absolute Gasteiger partial charge is 0.326 e. The Morgan fingerprint density at radius 2 is 1.60 bits per heavy atom. The number of carbonyl (C=O) groups excluding carboxylic acids is 2. The van der Waals surface area contributed by atoms with E-state index >= 15 is 0 Å². The van der Waals surface area contributed by atoms with Gasteiger partial charge in [-0.2, -0.15) is 0 Å². The van der Waals surface area contributed by atoms with Gasteiger partial charge in [0.05, 0.1) is 6.04 Å². The molecule has 0 aliphatic heterocycles. The molecule has 9 nitrogen and oxygen atoms in total. The quantitative estimate of drug-likeness (QED) is 0.151. The van der Waals surface area contributed by atoms with Crippen LogP contribution in [0.2, 0.25) is 0 Å². The van der Waals surface area contributed by atoms with Gasteiger partial charge in [-0.15, -0.1) is 23.2 Å². The molecule has 0 saturated carbocycles. The number of anilines is 1. The van der Waals surface area contributed by atoms with E-state index in [1.54, 1.807) is 13.8 Å². The number of aliphatic carboxylic acids is 1. The number of benzene rings is 1. The van der Waals surface area contributed by atoms with Crippen LogP contribution in [-0.2, 0) is 20.8 Å². The number of nitrogens with two attached hydrogens (primary N) is 2. The maximum absolute atomic E-state index is 12.9. The number of alkyl halides is 2. The van der Waals surface area contributed by atoms with Crippen molar-refractivity contribution in [1.82, 2.24) is 10.6 Å². The number of amides is 2. The van der Waals surface area contributed by atoms with Crippen molar-refractivity contribution < 1.29 is 19.5 Å². The first-order chi connectivity index (χ1) is 16.6. The molecule has 0 heterocycles. The molecule has 198 valence electrons. The molecule has 7 N–H and O–H groups in total. The summed E-state index contributed by atoms with van der Waals surface area (Å²) >= 11 is 11.7. The number of carbonyl (C=O) groups is 3. The van der Waals surface area contributed by atoms with Gasteiger partial charge in [0, 0.05) is 37.0 Å². The second kappa shape index (κ2) is 16.6. The first-order valence-corrected chi connectivity index (χ1v) is 13.0. The average Bonchev–Trinajstić information content (AvgIpc) is 2.82. The van der Waals surface area contributed by atoms with Gasteiger partial charge in [0.1, 0.15) is 12.1 Å². The molecule has 2 amide bonds. The summed E-state index contributed by atoms with van der Waals surface area (Å²) in [7, 11) is 0. The molecular formula is C24H39Cl2N5O4. The van der Waals surface area contributed by atoms with Crippen LogP contribution in [0.15, 0.2) is 24.3 Å². The van der Waals surface area contributed by atoms with Crippen LogP contribution in [0.4, 0.5) is 5.69 Å². The normalized spacial score (nSPS) is 13.7. The van der Waals surface area contributed by atoms with E-state index in [9.17, 15) is 19.5 Å². The molecule has 0 saturated heterocycles. The van der Waals surface area contributed by atoms with Crippen LogP contribution in [0.5, 0.6) is 0 Å². The van der Waals surface area contributed by atoms with E-state index in [4.69, 9.17) is 34.7 Å². The third-order valence-corrected chi connectivity index (χ3v) is 5.96. The lowest BCUT2D eigenvalue weighted by molar-refractivity contribution is -0.142. The molecule has 3 atom stereocenters. The summed E-state index contributed by atoms with van der Waals surface area (Å²) in [5.74, 6) is -1.53. The van der Waals surface area contributed by atoms with Crippen molar-refractivity contribution in [3.8, 4) is 0 Å². The Morgan fingerprint density at radius 3 is 2.09 bits per heavy atom. The Labute approximate surface area is 217 Å². The third-order valence-electron chi connectivity index (χ3n) is 5.62. The van der Waals surface area contributed by atoms with Gasteiger partial charge >= 0.3 is 5.97 Å². The second-order valence-electron chi connectivity index (χ2n) is 8.76. The first-order valence-electron chi connectivity index (χ1n) is 11.9. The number of nitrogens with one attached hydrogen (secondary N) is 2. The lowest BCUT2D eigenvalue weighted by Gasteiger charge is -2.26. The van der Waals surface area contributed by atoms with Crippen LogP contribution in [0.25, 0.3) is 0 Å². The van der Waals surface area contributed by atoms with E-state index < -0.39 is 35.9 Å². The zero-order valence-corrected chi connectivity index (χ0v) is 22.0. The fourth-order valence-electron chi connectivity index (χ4n) is 3.55. The highest BCUT2D eigenvalue weighted by molar-refractivity contribution is 6.18. The van der Waals surface area contributed by atoms with Gasteiger partial charge in [-0.3, -0.25) is 9.59 Å². The number of halogens is 2. The van der Waals surface area contributed by atoms with E-state index in [-0.39, 0.29) is 12.3 Å². The minimum absolute atomic E-state index is 0.0870. The van der Waals surface area contributed by atoms with Crippen molar-refractivity contribution >= 4 is 46.7 Å². The second-order valence-corrected chi connectivity index (χ2v) is 9.51. The first kappa shape index (κ1) is 31.0. The average molecular weight is 533 g/mol. The highest BCUT2D eigenvalue weighted by Crippen LogP contribution is 2.17. The molecule has 35 heavy (non-hydrogen) atoms.